The van der Waals surface area contributed by atoms with Crippen LogP contribution in [0.5, 0.6) is 0 Å². The number of hydrogen-bond donors (Lipinski definition) is 2. The van der Waals surface area contributed by atoms with Gasteiger partial charge < -0.3 is 15.2 Å². The maximum atomic E-state index is 13.0. The minimum absolute atomic E-state index is 0.0772. The average Bonchev–Trinajstić information content (AvgIpc) is 3.19. The number of nitrogens with one attached hydrogen (secondary N) is 2. The molecule has 1 aliphatic heterocycles. The number of rotatable bonds is 7. The summed E-state index contributed by atoms with van der Waals surface area (Å²) in [6.07, 6.45) is 0. The van der Waals surface area contributed by atoms with Crippen LogP contribution in [0.15, 0.2) is 64.0 Å². The fourth-order valence-corrected chi connectivity index (χ4v) is 5.72. The summed E-state index contributed by atoms with van der Waals surface area (Å²) in [5, 5.41) is 9.37. The van der Waals surface area contributed by atoms with Gasteiger partial charge in [-0.3, -0.25) is 14.5 Å². The van der Waals surface area contributed by atoms with Gasteiger partial charge in [-0.1, -0.05) is 35.5 Å². The molecule has 0 saturated carbocycles. The molecule has 4 rings (SSSR count). The normalized spacial score (nSPS) is 15.0. The van der Waals surface area contributed by atoms with Gasteiger partial charge in [-0.25, -0.2) is 8.42 Å². The predicted molar refractivity (Wildman–Crippen MR) is 131 cm³/mol. The van der Waals surface area contributed by atoms with Gasteiger partial charge in [0.15, 0.2) is 5.76 Å². The fraction of sp³-hybridized carbons (Fsp3) is 0.292. The van der Waals surface area contributed by atoms with Gasteiger partial charge in [0.05, 0.1) is 17.8 Å². The first-order valence-electron chi connectivity index (χ1n) is 11.2. The number of amides is 2. The van der Waals surface area contributed by atoms with Crippen molar-refractivity contribution in [3.63, 3.8) is 0 Å². The van der Waals surface area contributed by atoms with Crippen molar-refractivity contribution < 1.29 is 22.5 Å². The van der Waals surface area contributed by atoms with E-state index in [0.717, 1.165) is 0 Å². The van der Waals surface area contributed by atoms with Gasteiger partial charge in [-0.15, -0.1) is 0 Å². The number of carbonyl (C=O) groups excluding carboxylic acids is 2. The number of hydrogen-bond acceptors (Lipinski definition) is 7. The second-order valence-electron chi connectivity index (χ2n) is 8.25. The van der Waals surface area contributed by atoms with E-state index in [9.17, 15) is 18.0 Å². The van der Waals surface area contributed by atoms with Crippen LogP contribution in [0.3, 0.4) is 0 Å². The van der Waals surface area contributed by atoms with Crippen LogP contribution in [0.2, 0.25) is 0 Å². The van der Waals surface area contributed by atoms with Crippen LogP contribution in [0, 0.1) is 13.8 Å². The van der Waals surface area contributed by atoms with E-state index in [1.165, 1.54) is 4.31 Å². The van der Waals surface area contributed by atoms with Gasteiger partial charge in [-0.2, -0.15) is 4.31 Å². The average molecular weight is 498 g/mol. The highest BCUT2D eigenvalue weighted by molar-refractivity contribution is 7.89. The lowest BCUT2D eigenvalue weighted by Crippen LogP contribution is -2.50. The molecule has 2 aromatic carbocycles. The van der Waals surface area contributed by atoms with Crippen LogP contribution in [0.4, 0.5) is 11.4 Å². The minimum Gasteiger partial charge on any atom is -0.360 e. The first kappa shape index (κ1) is 24.6. The third-order valence-corrected chi connectivity index (χ3v) is 7.89. The number of sulfonamides is 1. The minimum atomic E-state index is -3.72. The molecule has 11 heteroatoms. The van der Waals surface area contributed by atoms with E-state index in [2.05, 4.69) is 15.8 Å². The van der Waals surface area contributed by atoms with Gasteiger partial charge in [0, 0.05) is 31.9 Å². The van der Waals surface area contributed by atoms with E-state index < -0.39 is 10.0 Å². The van der Waals surface area contributed by atoms with Crippen molar-refractivity contribution in [3.8, 4) is 0 Å². The molecule has 2 amide bonds. The van der Waals surface area contributed by atoms with Crippen LogP contribution >= 0.6 is 0 Å². The molecule has 1 aliphatic rings. The van der Waals surface area contributed by atoms with Crippen molar-refractivity contribution in [1.29, 1.82) is 0 Å². The maximum absolute atomic E-state index is 13.0. The zero-order valence-corrected chi connectivity index (χ0v) is 20.3. The number of aryl methyl sites for hydroxylation is 2. The van der Waals surface area contributed by atoms with Gasteiger partial charge in [0.1, 0.15) is 10.6 Å². The molecule has 0 aliphatic carbocycles. The molecule has 0 radical (unpaired) electrons. The van der Waals surface area contributed by atoms with Crippen molar-refractivity contribution in [1.82, 2.24) is 14.4 Å². The Morgan fingerprint density at radius 3 is 2.26 bits per heavy atom. The van der Waals surface area contributed by atoms with Crippen molar-refractivity contribution in [2.24, 2.45) is 0 Å². The van der Waals surface area contributed by atoms with E-state index >= 15 is 0 Å². The van der Waals surface area contributed by atoms with E-state index in [-0.39, 0.29) is 42.1 Å². The van der Waals surface area contributed by atoms with Crippen LogP contribution < -0.4 is 10.6 Å². The summed E-state index contributed by atoms with van der Waals surface area (Å²) in [4.78, 5) is 27.4. The van der Waals surface area contributed by atoms with Gasteiger partial charge >= 0.3 is 0 Å². The Balaban J connectivity index is 1.35. The predicted octanol–water partition coefficient (Wildman–Crippen LogP) is 2.49. The first-order valence-corrected chi connectivity index (χ1v) is 12.6. The number of benzene rings is 2. The van der Waals surface area contributed by atoms with Crippen LogP contribution in [0.25, 0.3) is 0 Å². The van der Waals surface area contributed by atoms with Crippen molar-refractivity contribution in [2.45, 2.75) is 18.7 Å². The van der Waals surface area contributed by atoms with Crippen molar-refractivity contribution in [3.05, 3.63) is 71.6 Å². The Labute approximate surface area is 203 Å². The number of anilines is 2. The smallest absolute Gasteiger partial charge is 0.257 e. The molecular weight excluding hydrogens is 470 g/mol. The largest absolute Gasteiger partial charge is 0.360 e. The summed E-state index contributed by atoms with van der Waals surface area (Å²) in [5.74, 6) is -0.350. The van der Waals surface area contributed by atoms with Gasteiger partial charge in [0.25, 0.3) is 5.91 Å². The first-order chi connectivity index (χ1) is 16.8. The molecule has 184 valence electrons. The summed E-state index contributed by atoms with van der Waals surface area (Å²) < 4.78 is 32.4. The summed E-state index contributed by atoms with van der Waals surface area (Å²) in [7, 11) is -3.72. The fourth-order valence-electron chi connectivity index (χ4n) is 4.00. The highest BCUT2D eigenvalue weighted by Crippen LogP contribution is 2.24. The zero-order chi connectivity index (χ0) is 25.0. The molecule has 0 unspecified atom stereocenters. The Morgan fingerprint density at radius 1 is 0.943 bits per heavy atom. The summed E-state index contributed by atoms with van der Waals surface area (Å²) in [6.45, 7) is 4.53. The second-order valence-corrected chi connectivity index (χ2v) is 10.1. The van der Waals surface area contributed by atoms with Crippen LogP contribution in [0.1, 0.15) is 21.8 Å². The highest BCUT2D eigenvalue weighted by atomic mass is 32.2. The second kappa shape index (κ2) is 10.4. The van der Waals surface area contributed by atoms with Crippen molar-refractivity contribution >= 4 is 33.2 Å². The summed E-state index contributed by atoms with van der Waals surface area (Å²) in [5.41, 5.74) is 1.74. The molecule has 1 aromatic heterocycles. The van der Waals surface area contributed by atoms with E-state index in [0.29, 0.717) is 35.7 Å². The maximum Gasteiger partial charge on any atom is 0.257 e. The lowest BCUT2D eigenvalue weighted by Gasteiger charge is -2.33. The number of nitrogens with zero attached hydrogens (tertiary/aromatic N) is 3. The molecule has 0 spiro atoms. The monoisotopic (exact) mass is 497 g/mol. The third-order valence-electron chi connectivity index (χ3n) is 5.74. The van der Waals surface area contributed by atoms with E-state index in [1.54, 1.807) is 50.2 Å². The standard InChI is InChI=1S/C24H27N5O5S/c1-17-23(18(2)34-27-17)35(32,33)29-14-12-28(13-15-29)16-22(30)26-21-11-7-6-10-20(21)24(31)25-19-8-4-3-5-9-19/h3-11H,12-16H2,1-2H3,(H,25,31)(H,26,30). The van der Waals surface area contributed by atoms with Crippen molar-refractivity contribution in [2.75, 3.05) is 43.4 Å². The molecule has 0 atom stereocenters. The third kappa shape index (κ3) is 5.59. The summed E-state index contributed by atoms with van der Waals surface area (Å²) in [6, 6.07) is 15.9. The lowest BCUT2D eigenvalue weighted by molar-refractivity contribution is -0.117. The molecular formula is C24H27N5O5S. The Bertz CT molecular complexity index is 1300. The topological polar surface area (TPSA) is 125 Å². The molecule has 1 fully saturated rings. The molecule has 1 saturated heterocycles. The van der Waals surface area contributed by atoms with E-state index in [4.69, 9.17) is 4.52 Å². The quantitative estimate of drug-likeness (QED) is 0.514. The summed E-state index contributed by atoms with van der Waals surface area (Å²) >= 11 is 0. The Hall–Kier alpha value is -3.54. The molecule has 35 heavy (non-hydrogen) atoms. The molecule has 3 aromatic rings. The molecule has 2 N–H and O–H groups in total. The molecule has 0 bridgehead atoms. The van der Waals surface area contributed by atoms with Crippen LogP contribution in [-0.4, -0.2) is 67.3 Å². The Kier molecular flexibility index (Phi) is 7.29. The van der Waals surface area contributed by atoms with Gasteiger partial charge in [-0.05, 0) is 38.1 Å². The highest BCUT2D eigenvalue weighted by Gasteiger charge is 2.33. The lowest BCUT2D eigenvalue weighted by atomic mass is 10.1. The Morgan fingerprint density at radius 2 is 1.60 bits per heavy atom. The van der Waals surface area contributed by atoms with E-state index in [1.807, 2.05) is 23.1 Å². The SMILES string of the molecule is Cc1noc(C)c1S(=O)(=O)N1CCN(CC(=O)Nc2ccccc2C(=O)Nc2ccccc2)CC1. The molecule has 10 nitrogen and oxygen atoms in total. The zero-order valence-electron chi connectivity index (χ0n) is 19.5. The number of para-hydroxylation sites is 2. The number of aromatic nitrogens is 1. The molecule has 2 heterocycles. The van der Waals surface area contributed by atoms with Crippen LogP contribution in [-0.2, 0) is 14.8 Å². The number of carbonyl (C=O) groups is 2. The van der Waals surface area contributed by atoms with Gasteiger partial charge in [0.2, 0.25) is 15.9 Å². The number of piperazine rings is 1.